The lowest BCUT2D eigenvalue weighted by atomic mass is 10.1. The summed E-state index contributed by atoms with van der Waals surface area (Å²) in [5.41, 5.74) is 0.444. The van der Waals surface area contributed by atoms with E-state index in [1.807, 2.05) is 18.2 Å². The summed E-state index contributed by atoms with van der Waals surface area (Å²) in [4.78, 5) is 27.9. The first-order chi connectivity index (χ1) is 12.7. The SMILES string of the molecule is CCN1CCCC1CNC(=O)c1cn(CCOC)c(=O)c2ccccc12. The molecule has 26 heavy (non-hydrogen) atoms. The standard InChI is InChI=1S/C20H27N3O3/c1-3-22-10-6-7-15(22)13-21-19(24)18-14-23(11-12-26-2)20(25)17-9-5-4-8-16(17)18/h4-5,8-9,14-15H,3,6-7,10-13H2,1-2H3,(H,21,24). The molecule has 0 spiro atoms. The van der Waals surface area contributed by atoms with Crippen molar-refractivity contribution < 1.29 is 9.53 Å². The fourth-order valence-electron chi connectivity index (χ4n) is 3.73. The summed E-state index contributed by atoms with van der Waals surface area (Å²) in [6.07, 6.45) is 3.95. The molecule has 0 radical (unpaired) electrons. The van der Waals surface area contributed by atoms with Crippen LogP contribution in [0.1, 0.15) is 30.1 Å². The van der Waals surface area contributed by atoms with Crippen LogP contribution in [0.15, 0.2) is 35.3 Å². The molecule has 2 heterocycles. The van der Waals surface area contributed by atoms with Crippen molar-refractivity contribution in [3.8, 4) is 0 Å². The van der Waals surface area contributed by atoms with Crippen molar-refractivity contribution in [2.75, 3.05) is 33.4 Å². The Bertz CT molecular complexity index is 831. The first-order valence-corrected chi connectivity index (χ1v) is 9.29. The predicted molar refractivity (Wildman–Crippen MR) is 103 cm³/mol. The number of amides is 1. The van der Waals surface area contributed by atoms with E-state index in [0.717, 1.165) is 19.5 Å². The molecule has 0 saturated carbocycles. The van der Waals surface area contributed by atoms with E-state index in [-0.39, 0.29) is 11.5 Å². The number of likely N-dealkylation sites (N-methyl/N-ethyl adjacent to an activating group) is 1. The highest BCUT2D eigenvalue weighted by atomic mass is 16.5. The van der Waals surface area contributed by atoms with Crippen LogP contribution in [0.4, 0.5) is 0 Å². The number of ether oxygens (including phenoxy) is 1. The van der Waals surface area contributed by atoms with E-state index in [4.69, 9.17) is 4.74 Å². The van der Waals surface area contributed by atoms with Crippen molar-refractivity contribution in [1.29, 1.82) is 0 Å². The summed E-state index contributed by atoms with van der Waals surface area (Å²) < 4.78 is 6.65. The zero-order chi connectivity index (χ0) is 18.5. The monoisotopic (exact) mass is 357 g/mol. The molecule has 6 nitrogen and oxygen atoms in total. The Morgan fingerprint density at radius 1 is 1.31 bits per heavy atom. The van der Waals surface area contributed by atoms with Crippen molar-refractivity contribution in [1.82, 2.24) is 14.8 Å². The molecule has 6 heteroatoms. The fraction of sp³-hybridized carbons (Fsp3) is 0.500. The van der Waals surface area contributed by atoms with Crippen LogP contribution in [0.3, 0.4) is 0 Å². The quantitative estimate of drug-likeness (QED) is 0.822. The third kappa shape index (κ3) is 3.81. The lowest BCUT2D eigenvalue weighted by Crippen LogP contribution is -2.40. The number of benzene rings is 1. The highest BCUT2D eigenvalue weighted by Crippen LogP contribution is 2.18. The number of aromatic nitrogens is 1. The molecule has 2 aromatic rings. The van der Waals surface area contributed by atoms with Gasteiger partial charge in [0.2, 0.25) is 0 Å². The first kappa shape index (κ1) is 18.6. The number of carbonyl (C=O) groups excluding carboxylic acids is 1. The molecule has 1 N–H and O–H groups in total. The molecule has 1 saturated heterocycles. The average Bonchev–Trinajstić information content (AvgIpc) is 3.13. The van der Waals surface area contributed by atoms with E-state index >= 15 is 0 Å². The van der Waals surface area contributed by atoms with Gasteiger partial charge >= 0.3 is 0 Å². The van der Waals surface area contributed by atoms with E-state index in [1.54, 1.807) is 23.9 Å². The van der Waals surface area contributed by atoms with Crippen molar-refractivity contribution in [2.45, 2.75) is 32.4 Å². The smallest absolute Gasteiger partial charge is 0.258 e. The first-order valence-electron chi connectivity index (χ1n) is 9.29. The van der Waals surface area contributed by atoms with Crippen LogP contribution in [0, 0.1) is 0 Å². The van der Waals surface area contributed by atoms with Crippen LogP contribution in [0.25, 0.3) is 10.8 Å². The third-order valence-electron chi connectivity index (χ3n) is 5.18. The van der Waals surface area contributed by atoms with Gasteiger partial charge in [-0.3, -0.25) is 14.5 Å². The number of carbonyl (C=O) groups is 1. The Balaban J connectivity index is 1.86. The number of hydrogen-bond donors (Lipinski definition) is 1. The van der Waals surface area contributed by atoms with Gasteiger partial charge < -0.3 is 14.6 Å². The van der Waals surface area contributed by atoms with Gasteiger partial charge in [0.15, 0.2) is 0 Å². The number of nitrogens with zero attached hydrogens (tertiary/aromatic N) is 2. The summed E-state index contributed by atoms with van der Waals surface area (Å²) in [7, 11) is 1.60. The van der Waals surface area contributed by atoms with E-state index < -0.39 is 0 Å². The second-order valence-corrected chi connectivity index (χ2v) is 6.71. The van der Waals surface area contributed by atoms with Gasteiger partial charge in [0.1, 0.15) is 0 Å². The molecule has 1 unspecified atom stereocenters. The van der Waals surface area contributed by atoms with Crippen molar-refractivity contribution in [3.63, 3.8) is 0 Å². The summed E-state index contributed by atoms with van der Waals surface area (Å²) in [5, 5.41) is 4.33. The molecule has 1 aliphatic rings. The number of fused-ring (bicyclic) bond motifs is 1. The maximum atomic E-state index is 12.9. The molecule has 0 bridgehead atoms. The van der Waals surface area contributed by atoms with E-state index in [2.05, 4.69) is 17.1 Å². The maximum Gasteiger partial charge on any atom is 0.258 e. The number of rotatable bonds is 7. The zero-order valence-electron chi connectivity index (χ0n) is 15.5. The minimum Gasteiger partial charge on any atom is -0.383 e. The molecular weight excluding hydrogens is 330 g/mol. The molecule has 1 fully saturated rings. The lowest BCUT2D eigenvalue weighted by molar-refractivity contribution is 0.0942. The van der Waals surface area contributed by atoms with Gasteiger partial charge in [-0.25, -0.2) is 0 Å². The second-order valence-electron chi connectivity index (χ2n) is 6.71. The fourth-order valence-corrected chi connectivity index (χ4v) is 3.73. The van der Waals surface area contributed by atoms with Crippen molar-refractivity contribution in [2.24, 2.45) is 0 Å². The molecule has 1 atom stereocenters. The lowest BCUT2D eigenvalue weighted by Gasteiger charge is -2.23. The van der Waals surface area contributed by atoms with Crippen LogP contribution in [0.2, 0.25) is 0 Å². The highest BCUT2D eigenvalue weighted by molar-refractivity contribution is 6.06. The molecule has 1 aliphatic heterocycles. The maximum absolute atomic E-state index is 12.9. The molecule has 1 amide bonds. The summed E-state index contributed by atoms with van der Waals surface area (Å²) >= 11 is 0. The van der Waals surface area contributed by atoms with E-state index in [1.165, 1.54) is 6.42 Å². The Morgan fingerprint density at radius 3 is 2.81 bits per heavy atom. The summed E-state index contributed by atoms with van der Waals surface area (Å²) in [5.74, 6) is -0.129. The molecular formula is C20H27N3O3. The number of nitrogens with one attached hydrogen (secondary N) is 1. The normalized spacial score (nSPS) is 17.7. The van der Waals surface area contributed by atoms with Crippen LogP contribution >= 0.6 is 0 Å². The van der Waals surface area contributed by atoms with Gasteiger partial charge in [-0.15, -0.1) is 0 Å². The summed E-state index contributed by atoms with van der Waals surface area (Å²) in [6, 6.07) is 7.68. The van der Waals surface area contributed by atoms with Gasteiger partial charge in [0.25, 0.3) is 11.5 Å². The summed E-state index contributed by atoms with van der Waals surface area (Å²) in [6.45, 7) is 5.74. The van der Waals surface area contributed by atoms with E-state index in [9.17, 15) is 9.59 Å². The van der Waals surface area contributed by atoms with Gasteiger partial charge in [-0.1, -0.05) is 25.1 Å². The number of methoxy groups -OCH3 is 1. The zero-order valence-corrected chi connectivity index (χ0v) is 15.5. The van der Waals surface area contributed by atoms with Gasteiger partial charge in [0.05, 0.1) is 12.2 Å². The minimum absolute atomic E-state index is 0.0952. The van der Waals surface area contributed by atoms with Crippen LogP contribution in [-0.2, 0) is 11.3 Å². The largest absolute Gasteiger partial charge is 0.383 e. The third-order valence-corrected chi connectivity index (χ3v) is 5.18. The van der Waals surface area contributed by atoms with Crippen molar-refractivity contribution in [3.05, 3.63) is 46.4 Å². The van der Waals surface area contributed by atoms with Crippen LogP contribution < -0.4 is 10.9 Å². The number of pyridine rings is 1. The van der Waals surface area contributed by atoms with Gasteiger partial charge in [-0.2, -0.15) is 0 Å². The van der Waals surface area contributed by atoms with Gasteiger partial charge in [-0.05, 0) is 32.0 Å². The number of hydrogen-bond acceptors (Lipinski definition) is 4. The van der Waals surface area contributed by atoms with Gasteiger partial charge in [0, 0.05) is 43.2 Å². The molecule has 3 rings (SSSR count). The molecule has 1 aromatic carbocycles. The topological polar surface area (TPSA) is 63.6 Å². The molecule has 1 aromatic heterocycles. The number of likely N-dealkylation sites (tertiary alicyclic amines) is 1. The average molecular weight is 357 g/mol. The Hall–Kier alpha value is -2.18. The molecule has 140 valence electrons. The van der Waals surface area contributed by atoms with Crippen molar-refractivity contribution >= 4 is 16.7 Å². The minimum atomic E-state index is -0.129. The van der Waals surface area contributed by atoms with Crippen LogP contribution in [-0.4, -0.2) is 54.8 Å². The highest BCUT2D eigenvalue weighted by Gasteiger charge is 2.24. The Labute approximate surface area is 153 Å². The van der Waals surface area contributed by atoms with Crippen LogP contribution in [0.5, 0.6) is 0 Å². The van der Waals surface area contributed by atoms with E-state index in [0.29, 0.717) is 42.1 Å². The molecule has 0 aliphatic carbocycles. The second kappa shape index (κ2) is 8.47. The predicted octanol–water partition coefficient (Wildman–Crippen LogP) is 1.86. The Morgan fingerprint density at radius 2 is 2.08 bits per heavy atom. The Kier molecular flexibility index (Phi) is 6.06.